The Bertz CT molecular complexity index is 1390. The second kappa shape index (κ2) is 8.95. The minimum Gasteiger partial charge on any atom is -0.406 e. The Morgan fingerprint density at radius 2 is 1.70 bits per heavy atom. The number of hydrogen-bond acceptors (Lipinski definition) is 4. The van der Waals surface area contributed by atoms with E-state index in [1.165, 1.54) is 12.1 Å². The molecule has 0 aliphatic rings. The lowest BCUT2D eigenvalue weighted by Gasteiger charge is -2.13. The van der Waals surface area contributed by atoms with Gasteiger partial charge in [0.2, 0.25) is 5.91 Å². The quantitative estimate of drug-likeness (QED) is 0.446. The van der Waals surface area contributed by atoms with Crippen LogP contribution in [0.25, 0.3) is 22.0 Å². The van der Waals surface area contributed by atoms with Gasteiger partial charge in [0.15, 0.2) is 0 Å². The number of nitrogens with one attached hydrogen (secondary N) is 1. The minimum atomic E-state index is -4.85. The van der Waals surface area contributed by atoms with Gasteiger partial charge in [-0.25, -0.2) is 5.43 Å². The van der Waals surface area contributed by atoms with Crippen molar-refractivity contribution < 1.29 is 22.7 Å². The van der Waals surface area contributed by atoms with E-state index in [4.69, 9.17) is 11.6 Å². The van der Waals surface area contributed by atoms with Crippen molar-refractivity contribution in [2.75, 3.05) is 5.43 Å². The van der Waals surface area contributed by atoms with E-state index in [-0.39, 0.29) is 12.0 Å². The molecule has 1 amide bonds. The van der Waals surface area contributed by atoms with Crippen LogP contribution in [-0.2, 0) is 11.2 Å². The number of halogens is 4. The number of carbonyl (C=O) groups excluding carboxylic acids is 1. The zero-order valence-electron chi connectivity index (χ0n) is 16.8. The fourth-order valence-electron chi connectivity index (χ4n) is 3.28. The Balaban J connectivity index is 1.64. The van der Waals surface area contributed by atoms with Gasteiger partial charge in [0, 0.05) is 16.0 Å². The molecule has 1 aromatic heterocycles. The fraction of sp³-hybridized carbons (Fsp3) is 0.0870. The highest BCUT2D eigenvalue weighted by molar-refractivity contribution is 6.30. The zero-order chi connectivity index (χ0) is 23.6. The number of nitrogens with zero attached hydrogens (tertiary/aromatic N) is 2. The highest BCUT2D eigenvalue weighted by Crippen LogP contribution is 2.26. The Hall–Kier alpha value is -3.85. The molecule has 6 nitrogen and oxygen atoms in total. The molecular weight excluding hydrogens is 459 g/mol. The van der Waals surface area contributed by atoms with Gasteiger partial charge in [0.05, 0.1) is 11.8 Å². The monoisotopic (exact) mass is 473 g/mol. The van der Waals surface area contributed by atoms with Crippen molar-refractivity contribution in [2.45, 2.75) is 12.8 Å². The van der Waals surface area contributed by atoms with Crippen molar-refractivity contribution in [1.29, 1.82) is 0 Å². The van der Waals surface area contributed by atoms with Crippen molar-refractivity contribution in [2.24, 2.45) is 0 Å². The maximum Gasteiger partial charge on any atom is 0.573 e. The molecule has 0 saturated heterocycles. The maximum absolute atomic E-state index is 12.9. The van der Waals surface area contributed by atoms with Crippen molar-refractivity contribution in [1.82, 2.24) is 9.89 Å². The molecular formula is C23H15ClF3N3O3. The normalized spacial score (nSPS) is 11.4. The van der Waals surface area contributed by atoms with Crippen LogP contribution in [0.2, 0.25) is 5.02 Å². The van der Waals surface area contributed by atoms with Crippen LogP contribution in [0.3, 0.4) is 0 Å². The van der Waals surface area contributed by atoms with Gasteiger partial charge < -0.3 is 4.74 Å². The lowest BCUT2D eigenvalue weighted by atomic mass is 10.1. The largest absolute Gasteiger partial charge is 0.573 e. The smallest absolute Gasteiger partial charge is 0.406 e. The number of hydrogen-bond donors (Lipinski definition) is 1. The molecule has 0 bridgehead atoms. The zero-order valence-corrected chi connectivity index (χ0v) is 17.5. The summed E-state index contributed by atoms with van der Waals surface area (Å²) in [6.07, 6.45) is -5.15. The highest BCUT2D eigenvalue weighted by Gasteiger charge is 2.31. The summed E-state index contributed by atoms with van der Waals surface area (Å²) < 4.78 is 41.2. The first-order chi connectivity index (χ1) is 15.7. The molecule has 4 rings (SSSR count). The standard InChI is InChI=1S/C23H15ClF3N3O3/c24-16-10-8-15(9-11-16)21-18-6-1-2-7-19(18)22(32)30(29-21)28-20(31)13-14-4-3-5-17(12-14)33-23(25,26)27/h1-12H,13H2,(H,28,31). The highest BCUT2D eigenvalue weighted by atomic mass is 35.5. The van der Waals surface area contributed by atoms with Crippen LogP contribution in [0, 0.1) is 0 Å². The SMILES string of the molecule is O=C(Cc1cccc(OC(F)(F)F)c1)Nn1nc(-c2ccc(Cl)cc2)c2ccccc2c1=O. The molecule has 0 spiro atoms. The second-order valence-electron chi connectivity index (χ2n) is 7.03. The van der Waals surface area contributed by atoms with Gasteiger partial charge in [0.25, 0.3) is 5.56 Å². The Kier molecular flexibility index (Phi) is 6.06. The molecule has 3 aromatic carbocycles. The average Bonchev–Trinajstić information content (AvgIpc) is 2.75. The van der Waals surface area contributed by atoms with Gasteiger partial charge in [-0.2, -0.15) is 0 Å². The van der Waals surface area contributed by atoms with Crippen molar-refractivity contribution in [3.05, 3.63) is 93.7 Å². The van der Waals surface area contributed by atoms with E-state index in [0.717, 1.165) is 16.9 Å². The molecule has 33 heavy (non-hydrogen) atoms. The molecule has 1 N–H and O–H groups in total. The summed E-state index contributed by atoms with van der Waals surface area (Å²) in [7, 11) is 0. The number of alkyl halides is 3. The summed E-state index contributed by atoms with van der Waals surface area (Å²) in [6.45, 7) is 0. The summed E-state index contributed by atoms with van der Waals surface area (Å²) in [6, 6.07) is 18.7. The summed E-state index contributed by atoms with van der Waals surface area (Å²) in [5.74, 6) is -1.09. The van der Waals surface area contributed by atoms with E-state index in [0.29, 0.717) is 27.1 Å². The average molecular weight is 474 g/mol. The van der Waals surface area contributed by atoms with E-state index in [2.05, 4.69) is 15.3 Å². The van der Waals surface area contributed by atoms with E-state index >= 15 is 0 Å². The van der Waals surface area contributed by atoms with Crippen LogP contribution in [0.15, 0.2) is 77.6 Å². The van der Waals surface area contributed by atoms with Gasteiger partial charge in [-0.3, -0.25) is 9.59 Å². The first-order valence-corrected chi connectivity index (χ1v) is 10.00. The number of fused-ring (bicyclic) bond motifs is 1. The number of amides is 1. The van der Waals surface area contributed by atoms with Crippen LogP contribution in [0.1, 0.15) is 5.56 Å². The van der Waals surface area contributed by atoms with Gasteiger partial charge >= 0.3 is 6.36 Å². The molecule has 0 atom stereocenters. The number of ether oxygens (including phenoxy) is 1. The first-order valence-electron chi connectivity index (χ1n) is 9.62. The van der Waals surface area contributed by atoms with Crippen LogP contribution in [0.4, 0.5) is 13.2 Å². The molecule has 0 radical (unpaired) electrons. The molecule has 0 fully saturated rings. The van der Waals surface area contributed by atoms with Crippen LogP contribution in [0.5, 0.6) is 5.75 Å². The van der Waals surface area contributed by atoms with Crippen molar-refractivity contribution >= 4 is 28.3 Å². The van der Waals surface area contributed by atoms with E-state index < -0.39 is 23.6 Å². The molecule has 0 aliphatic carbocycles. The molecule has 0 unspecified atom stereocenters. The van der Waals surface area contributed by atoms with Gasteiger partial charge in [-0.1, -0.05) is 54.1 Å². The Labute approximate surface area is 190 Å². The van der Waals surface area contributed by atoms with E-state index in [1.54, 1.807) is 48.5 Å². The topological polar surface area (TPSA) is 73.2 Å². The molecule has 1 heterocycles. The third-order valence-electron chi connectivity index (χ3n) is 4.65. The fourth-order valence-corrected chi connectivity index (χ4v) is 3.41. The summed E-state index contributed by atoms with van der Waals surface area (Å²) in [4.78, 5) is 26.3. The number of rotatable bonds is 5. The minimum absolute atomic E-state index is 0.265. The van der Waals surface area contributed by atoms with Gasteiger partial charge in [-0.05, 0) is 35.9 Å². The Morgan fingerprint density at radius 3 is 2.39 bits per heavy atom. The summed E-state index contributed by atoms with van der Waals surface area (Å²) in [5.41, 5.74) is 3.24. The second-order valence-corrected chi connectivity index (χ2v) is 7.46. The summed E-state index contributed by atoms with van der Waals surface area (Å²) in [5, 5.41) is 5.75. The van der Waals surface area contributed by atoms with Crippen LogP contribution in [-0.4, -0.2) is 22.2 Å². The lowest BCUT2D eigenvalue weighted by molar-refractivity contribution is -0.274. The number of carbonyl (C=O) groups is 1. The maximum atomic E-state index is 12.9. The van der Waals surface area contributed by atoms with Crippen molar-refractivity contribution in [3.63, 3.8) is 0 Å². The van der Waals surface area contributed by atoms with E-state index in [9.17, 15) is 22.8 Å². The van der Waals surface area contributed by atoms with E-state index in [1.807, 2.05) is 0 Å². The molecule has 0 saturated carbocycles. The van der Waals surface area contributed by atoms with Gasteiger partial charge in [-0.15, -0.1) is 23.1 Å². The molecule has 10 heteroatoms. The van der Waals surface area contributed by atoms with Crippen LogP contribution < -0.4 is 15.7 Å². The summed E-state index contributed by atoms with van der Waals surface area (Å²) >= 11 is 5.96. The predicted octanol–water partition coefficient (Wildman–Crippen LogP) is 4.93. The Morgan fingerprint density at radius 1 is 1.00 bits per heavy atom. The molecule has 4 aromatic rings. The van der Waals surface area contributed by atoms with Crippen LogP contribution >= 0.6 is 11.6 Å². The predicted molar refractivity (Wildman–Crippen MR) is 118 cm³/mol. The number of benzene rings is 3. The third kappa shape index (κ3) is 5.32. The van der Waals surface area contributed by atoms with Gasteiger partial charge in [0.1, 0.15) is 11.4 Å². The third-order valence-corrected chi connectivity index (χ3v) is 4.90. The first kappa shape index (κ1) is 22.3. The lowest BCUT2D eigenvalue weighted by Crippen LogP contribution is -2.36. The van der Waals surface area contributed by atoms with Crippen molar-refractivity contribution in [3.8, 4) is 17.0 Å². The number of aromatic nitrogens is 2. The molecule has 0 aliphatic heterocycles. The molecule has 168 valence electrons.